The highest BCUT2D eigenvalue weighted by atomic mass is 79.9. The molecular weight excluding hydrogens is 578 g/mol. The average molecular weight is 599 g/mol. The Morgan fingerprint density at radius 1 is 1.19 bits per heavy atom. The first-order valence-corrected chi connectivity index (χ1v) is 13.6. The van der Waals surface area contributed by atoms with Gasteiger partial charge in [-0.25, -0.2) is 4.99 Å². The predicted molar refractivity (Wildman–Crippen MR) is 149 cm³/mol. The third-order valence-corrected chi connectivity index (χ3v) is 8.66. The van der Waals surface area contributed by atoms with Gasteiger partial charge in [-0.3, -0.25) is 14.9 Å². The van der Waals surface area contributed by atoms with E-state index in [0.717, 1.165) is 36.8 Å². The Balaban J connectivity index is 1.41. The molecule has 0 aliphatic heterocycles. The lowest BCUT2D eigenvalue weighted by Crippen LogP contribution is -2.24. The van der Waals surface area contributed by atoms with Crippen LogP contribution in [0.1, 0.15) is 45.0 Å². The zero-order chi connectivity index (χ0) is 25.9. The summed E-state index contributed by atoms with van der Waals surface area (Å²) in [6.07, 6.45) is 5.54. The van der Waals surface area contributed by atoms with Gasteiger partial charge in [-0.1, -0.05) is 41.9 Å². The highest BCUT2D eigenvalue weighted by Gasteiger charge is 2.25. The molecule has 10 heteroatoms. The number of aliphatic imine (C=N–C) groups is 1. The minimum atomic E-state index is -0.506. The Bertz CT molecular complexity index is 1510. The summed E-state index contributed by atoms with van der Waals surface area (Å²) < 4.78 is 6.11. The van der Waals surface area contributed by atoms with Gasteiger partial charge in [0.15, 0.2) is 0 Å². The third-order valence-electron chi connectivity index (χ3n) is 6.10. The number of carbonyl (C=O) groups is 1. The molecule has 5 rings (SSSR count). The van der Waals surface area contributed by atoms with Crippen molar-refractivity contribution in [3.63, 3.8) is 0 Å². The van der Waals surface area contributed by atoms with Crippen LogP contribution < -0.4 is 5.32 Å². The molecule has 0 saturated carbocycles. The van der Waals surface area contributed by atoms with E-state index in [4.69, 9.17) is 16.0 Å². The number of fused-ring (bicyclic) bond motifs is 1. The van der Waals surface area contributed by atoms with Gasteiger partial charge in [-0.2, -0.15) is 0 Å². The number of nitro groups is 1. The molecule has 0 atom stereocenters. The molecule has 1 aliphatic rings. The van der Waals surface area contributed by atoms with Crippen LogP contribution >= 0.6 is 38.9 Å². The third kappa shape index (κ3) is 5.53. The van der Waals surface area contributed by atoms with Crippen LogP contribution in [0.3, 0.4) is 0 Å². The van der Waals surface area contributed by atoms with E-state index in [9.17, 15) is 14.9 Å². The second-order valence-corrected chi connectivity index (χ2v) is 10.9. The Morgan fingerprint density at radius 2 is 1.97 bits per heavy atom. The number of nitrogens with one attached hydrogen (secondary N) is 1. The van der Waals surface area contributed by atoms with Crippen molar-refractivity contribution in [3.05, 3.63) is 102 Å². The van der Waals surface area contributed by atoms with E-state index in [1.165, 1.54) is 10.9 Å². The van der Waals surface area contributed by atoms with Crippen LogP contribution in [0.2, 0.25) is 5.02 Å². The monoisotopic (exact) mass is 597 g/mol. The molecule has 1 amide bonds. The first-order valence-electron chi connectivity index (χ1n) is 11.6. The normalized spacial score (nSPS) is 13.0. The number of rotatable bonds is 7. The number of nitrogens with zero attached hydrogens (tertiary/aromatic N) is 2. The summed E-state index contributed by atoms with van der Waals surface area (Å²) in [6, 6.07) is 16.2. The predicted octanol–water partition coefficient (Wildman–Crippen LogP) is 7.89. The summed E-state index contributed by atoms with van der Waals surface area (Å²) >= 11 is 10.9. The van der Waals surface area contributed by atoms with Crippen LogP contribution in [0.15, 0.2) is 68.5 Å². The lowest BCUT2D eigenvalue weighted by Gasteiger charge is -2.12. The Morgan fingerprint density at radius 3 is 2.76 bits per heavy atom. The van der Waals surface area contributed by atoms with Gasteiger partial charge in [0.25, 0.3) is 11.6 Å². The molecule has 1 N–H and O–H groups in total. The molecule has 0 unspecified atom stereocenters. The van der Waals surface area contributed by atoms with E-state index in [0.29, 0.717) is 34.2 Å². The van der Waals surface area contributed by atoms with Crippen LogP contribution in [0.25, 0.3) is 11.3 Å². The zero-order valence-electron chi connectivity index (χ0n) is 19.5. The summed E-state index contributed by atoms with van der Waals surface area (Å²) in [4.78, 5) is 29.9. The number of hydrogen-bond acceptors (Lipinski definition) is 6. The highest BCUT2D eigenvalue weighted by Crippen LogP contribution is 2.40. The molecule has 0 bridgehead atoms. The SMILES string of the molecule is O=C(NCc1ccccc1)c1c(N=Cc2ccc(-c3cc(Cl)c(Br)c([N+](=O)[O-])c3)o2)sc2c1CCCC2. The van der Waals surface area contributed by atoms with Crippen molar-refractivity contribution in [2.24, 2.45) is 4.99 Å². The van der Waals surface area contributed by atoms with Crippen LogP contribution in [-0.2, 0) is 19.4 Å². The van der Waals surface area contributed by atoms with Gasteiger partial charge < -0.3 is 9.73 Å². The highest BCUT2D eigenvalue weighted by molar-refractivity contribution is 9.10. The van der Waals surface area contributed by atoms with E-state index in [1.54, 1.807) is 35.8 Å². The molecule has 0 fully saturated rings. The van der Waals surface area contributed by atoms with E-state index >= 15 is 0 Å². The molecule has 2 aromatic heterocycles. The number of halogens is 2. The van der Waals surface area contributed by atoms with Gasteiger partial charge in [0.2, 0.25) is 0 Å². The number of benzene rings is 2. The maximum absolute atomic E-state index is 13.2. The lowest BCUT2D eigenvalue weighted by atomic mass is 9.95. The van der Waals surface area contributed by atoms with Gasteiger partial charge >= 0.3 is 0 Å². The summed E-state index contributed by atoms with van der Waals surface area (Å²) in [5.74, 6) is 0.747. The van der Waals surface area contributed by atoms with Crippen molar-refractivity contribution in [2.75, 3.05) is 0 Å². The van der Waals surface area contributed by atoms with E-state index in [2.05, 4.69) is 26.2 Å². The fourth-order valence-corrected chi connectivity index (χ4v) is 6.11. The number of carbonyl (C=O) groups excluding carboxylic acids is 1. The summed E-state index contributed by atoms with van der Waals surface area (Å²) in [5.41, 5.74) is 3.08. The van der Waals surface area contributed by atoms with E-state index in [-0.39, 0.29) is 21.1 Å². The first-order chi connectivity index (χ1) is 17.9. The molecule has 1 aliphatic carbocycles. The lowest BCUT2D eigenvalue weighted by molar-refractivity contribution is -0.385. The van der Waals surface area contributed by atoms with Crippen molar-refractivity contribution >= 4 is 61.7 Å². The van der Waals surface area contributed by atoms with Crippen LogP contribution in [0, 0.1) is 10.1 Å². The standard InChI is InChI=1S/C27H21BrClN3O4S/c28-25-20(29)12-17(13-21(25)32(34)35)22-11-10-18(36-22)15-31-27-24(19-8-4-5-9-23(19)37-27)26(33)30-14-16-6-2-1-3-7-16/h1-3,6-7,10-13,15H,4-5,8-9,14H2,(H,30,33). The minimum absolute atomic E-state index is 0.132. The molecule has 0 radical (unpaired) electrons. The van der Waals surface area contributed by atoms with Crippen molar-refractivity contribution in [2.45, 2.75) is 32.2 Å². The quantitative estimate of drug-likeness (QED) is 0.133. The molecular formula is C27H21BrClN3O4S. The molecule has 188 valence electrons. The van der Waals surface area contributed by atoms with E-state index in [1.807, 2.05) is 30.3 Å². The van der Waals surface area contributed by atoms with Crippen molar-refractivity contribution in [3.8, 4) is 11.3 Å². The molecule has 4 aromatic rings. The van der Waals surface area contributed by atoms with Gasteiger partial charge in [0, 0.05) is 23.1 Å². The van der Waals surface area contributed by atoms with E-state index < -0.39 is 4.92 Å². The Kier molecular flexibility index (Phi) is 7.55. The molecule has 7 nitrogen and oxygen atoms in total. The number of furan rings is 1. The fourth-order valence-electron chi connectivity index (χ4n) is 4.29. The first kappa shape index (κ1) is 25.4. The average Bonchev–Trinajstić information content (AvgIpc) is 3.52. The van der Waals surface area contributed by atoms with Gasteiger partial charge in [-0.05, 0) is 70.9 Å². The number of aryl methyl sites for hydroxylation is 1. The topological polar surface area (TPSA) is 97.7 Å². The molecule has 2 heterocycles. The summed E-state index contributed by atoms with van der Waals surface area (Å²) in [5, 5.41) is 15.3. The Labute approximate surface area is 230 Å². The van der Waals surface area contributed by atoms with Crippen LogP contribution in [-0.4, -0.2) is 17.0 Å². The fraction of sp³-hybridized carbons (Fsp3) is 0.185. The number of nitro benzene ring substituents is 1. The molecule has 37 heavy (non-hydrogen) atoms. The van der Waals surface area contributed by atoms with Crippen LogP contribution in [0.5, 0.6) is 0 Å². The second-order valence-electron chi connectivity index (χ2n) is 8.57. The smallest absolute Gasteiger partial charge is 0.285 e. The van der Waals surface area contributed by atoms with Gasteiger partial charge in [-0.15, -0.1) is 11.3 Å². The number of amides is 1. The van der Waals surface area contributed by atoms with Crippen LogP contribution in [0.4, 0.5) is 10.7 Å². The minimum Gasteiger partial charge on any atom is -0.455 e. The number of hydrogen-bond donors (Lipinski definition) is 1. The largest absolute Gasteiger partial charge is 0.455 e. The maximum atomic E-state index is 13.2. The molecule has 0 saturated heterocycles. The number of thiophene rings is 1. The zero-order valence-corrected chi connectivity index (χ0v) is 22.7. The maximum Gasteiger partial charge on any atom is 0.285 e. The summed E-state index contributed by atoms with van der Waals surface area (Å²) in [6.45, 7) is 0.441. The van der Waals surface area contributed by atoms with Crippen molar-refractivity contribution in [1.29, 1.82) is 0 Å². The van der Waals surface area contributed by atoms with Crippen molar-refractivity contribution < 1.29 is 14.1 Å². The summed E-state index contributed by atoms with van der Waals surface area (Å²) in [7, 11) is 0. The second kappa shape index (κ2) is 11.0. The molecule has 0 spiro atoms. The molecule has 2 aromatic carbocycles. The van der Waals surface area contributed by atoms with Gasteiger partial charge in [0.1, 0.15) is 21.0 Å². The Hall–Kier alpha value is -3.27. The van der Waals surface area contributed by atoms with Crippen molar-refractivity contribution in [1.82, 2.24) is 5.32 Å². The van der Waals surface area contributed by atoms with Gasteiger partial charge in [0.05, 0.1) is 21.7 Å².